The molecule has 2 aromatic rings. The van der Waals surface area contributed by atoms with Crippen molar-refractivity contribution in [2.45, 2.75) is 25.9 Å². The number of para-hydroxylation sites is 3. The fourth-order valence-corrected chi connectivity index (χ4v) is 4.05. The summed E-state index contributed by atoms with van der Waals surface area (Å²) in [6.45, 7) is 3.57. The van der Waals surface area contributed by atoms with Crippen molar-refractivity contribution >= 4 is 34.9 Å². The van der Waals surface area contributed by atoms with Crippen molar-refractivity contribution in [2.24, 2.45) is 5.92 Å². The molecule has 7 heteroatoms. The summed E-state index contributed by atoms with van der Waals surface area (Å²) in [5.41, 5.74) is 1.42. The lowest BCUT2D eigenvalue weighted by Crippen LogP contribution is -2.51. The molecule has 29 heavy (non-hydrogen) atoms. The lowest BCUT2D eigenvalue weighted by atomic mass is 9.96. The van der Waals surface area contributed by atoms with Crippen LogP contribution in [0, 0.1) is 5.92 Å². The molecule has 2 heterocycles. The largest absolute Gasteiger partial charge is 0.487 e. The minimum absolute atomic E-state index is 0.0300. The van der Waals surface area contributed by atoms with E-state index < -0.39 is 0 Å². The second-order valence-electron chi connectivity index (χ2n) is 7.52. The van der Waals surface area contributed by atoms with E-state index in [0.29, 0.717) is 43.2 Å². The van der Waals surface area contributed by atoms with E-state index in [1.54, 1.807) is 17.0 Å². The van der Waals surface area contributed by atoms with E-state index in [9.17, 15) is 9.59 Å². The van der Waals surface area contributed by atoms with Crippen molar-refractivity contribution in [3.63, 3.8) is 0 Å². The molecule has 0 bridgehead atoms. The molecule has 1 N–H and O–H groups in total. The average molecular weight is 414 g/mol. The molecule has 0 radical (unpaired) electrons. The molecule has 0 spiro atoms. The zero-order chi connectivity index (χ0) is 20.4. The second kappa shape index (κ2) is 8.33. The number of anilines is 2. The Morgan fingerprint density at radius 3 is 2.52 bits per heavy atom. The normalized spacial score (nSPS) is 19.3. The van der Waals surface area contributed by atoms with Crippen molar-refractivity contribution in [1.82, 2.24) is 4.90 Å². The van der Waals surface area contributed by atoms with Crippen LogP contribution in [0.1, 0.15) is 19.8 Å². The Balaban J connectivity index is 1.38. The molecule has 2 aromatic carbocycles. The van der Waals surface area contributed by atoms with Crippen molar-refractivity contribution < 1.29 is 14.3 Å². The highest BCUT2D eigenvalue weighted by atomic mass is 35.5. The number of fused-ring (bicyclic) bond motifs is 1. The number of piperidine rings is 1. The van der Waals surface area contributed by atoms with E-state index in [2.05, 4.69) is 5.32 Å². The van der Waals surface area contributed by atoms with E-state index in [1.165, 1.54) is 0 Å². The van der Waals surface area contributed by atoms with Crippen LogP contribution in [0.15, 0.2) is 48.5 Å². The molecule has 4 rings (SSSR count). The first-order valence-corrected chi connectivity index (χ1v) is 10.3. The third-order valence-electron chi connectivity index (χ3n) is 5.42. The topological polar surface area (TPSA) is 61.9 Å². The molecule has 1 unspecified atom stereocenters. The van der Waals surface area contributed by atoms with Gasteiger partial charge in [-0.25, -0.2) is 4.79 Å². The maximum atomic E-state index is 13.2. The summed E-state index contributed by atoms with van der Waals surface area (Å²) in [4.78, 5) is 29.4. The molecule has 2 aliphatic heterocycles. The first kappa shape index (κ1) is 19.6. The van der Waals surface area contributed by atoms with Gasteiger partial charge in [-0.15, -0.1) is 0 Å². The minimum atomic E-state index is -0.133. The molecular formula is C22H24ClN3O3. The number of carbonyl (C=O) groups excluding carboxylic acids is 2. The van der Waals surface area contributed by atoms with Gasteiger partial charge < -0.3 is 15.0 Å². The van der Waals surface area contributed by atoms with Gasteiger partial charge >= 0.3 is 6.03 Å². The fraction of sp³-hybridized carbons (Fsp3) is 0.364. The minimum Gasteiger partial charge on any atom is -0.487 e. The van der Waals surface area contributed by atoms with Crippen LogP contribution in [-0.2, 0) is 4.79 Å². The van der Waals surface area contributed by atoms with Gasteiger partial charge in [-0.2, -0.15) is 0 Å². The quantitative estimate of drug-likeness (QED) is 0.793. The molecule has 1 fully saturated rings. The van der Waals surface area contributed by atoms with Crippen LogP contribution >= 0.6 is 11.6 Å². The zero-order valence-electron chi connectivity index (χ0n) is 16.3. The van der Waals surface area contributed by atoms with E-state index in [-0.39, 0.29) is 24.0 Å². The Morgan fingerprint density at radius 2 is 1.76 bits per heavy atom. The average Bonchev–Trinajstić information content (AvgIpc) is 2.74. The predicted octanol–water partition coefficient (Wildman–Crippen LogP) is 4.40. The van der Waals surface area contributed by atoms with Gasteiger partial charge in [-0.1, -0.05) is 35.9 Å². The molecule has 1 atom stereocenters. The highest BCUT2D eigenvalue weighted by Gasteiger charge is 2.33. The molecule has 2 aliphatic rings. The van der Waals surface area contributed by atoms with Crippen LogP contribution in [-0.4, -0.2) is 42.6 Å². The van der Waals surface area contributed by atoms with Gasteiger partial charge in [-0.3, -0.25) is 9.69 Å². The molecule has 0 aromatic heterocycles. The highest BCUT2D eigenvalue weighted by molar-refractivity contribution is 6.33. The van der Waals surface area contributed by atoms with Gasteiger partial charge in [0.15, 0.2) is 0 Å². The third-order valence-corrected chi connectivity index (χ3v) is 5.75. The summed E-state index contributed by atoms with van der Waals surface area (Å²) in [6, 6.07) is 14.8. The number of nitrogens with one attached hydrogen (secondary N) is 1. The van der Waals surface area contributed by atoms with Gasteiger partial charge in [0.1, 0.15) is 11.9 Å². The summed E-state index contributed by atoms with van der Waals surface area (Å²) >= 11 is 6.13. The maximum absolute atomic E-state index is 13.2. The Hall–Kier alpha value is -2.73. The molecule has 0 aliphatic carbocycles. The van der Waals surface area contributed by atoms with Crippen molar-refractivity contribution in [1.29, 1.82) is 0 Å². The smallest absolute Gasteiger partial charge is 0.324 e. The Labute approximate surface area is 175 Å². The number of benzene rings is 2. The number of amides is 3. The van der Waals surface area contributed by atoms with Gasteiger partial charge in [-0.05, 0) is 44.0 Å². The number of urea groups is 1. The van der Waals surface area contributed by atoms with Crippen LogP contribution < -0.4 is 15.0 Å². The summed E-state index contributed by atoms with van der Waals surface area (Å²) in [5.74, 6) is 0.551. The molecule has 3 amide bonds. The summed E-state index contributed by atoms with van der Waals surface area (Å²) in [5, 5.41) is 3.43. The lowest BCUT2D eigenvalue weighted by molar-refractivity contribution is -0.121. The summed E-state index contributed by atoms with van der Waals surface area (Å²) < 4.78 is 5.84. The number of likely N-dealkylation sites (tertiary alicyclic amines) is 1. The molecule has 6 nitrogen and oxygen atoms in total. The number of carbonyl (C=O) groups is 2. The zero-order valence-corrected chi connectivity index (χ0v) is 17.1. The summed E-state index contributed by atoms with van der Waals surface area (Å²) in [7, 11) is 0. The van der Waals surface area contributed by atoms with Gasteiger partial charge in [0.05, 0.1) is 22.9 Å². The van der Waals surface area contributed by atoms with Gasteiger partial charge in [0, 0.05) is 19.0 Å². The van der Waals surface area contributed by atoms with Crippen molar-refractivity contribution in [3.8, 4) is 5.75 Å². The number of hydrogen-bond donors (Lipinski definition) is 1. The van der Waals surface area contributed by atoms with Gasteiger partial charge in [0.25, 0.3) is 0 Å². The lowest BCUT2D eigenvalue weighted by Gasteiger charge is -2.39. The van der Waals surface area contributed by atoms with Crippen molar-refractivity contribution in [3.05, 3.63) is 53.6 Å². The van der Waals surface area contributed by atoms with Crippen LogP contribution in [0.2, 0.25) is 5.02 Å². The maximum Gasteiger partial charge on any atom is 0.324 e. The van der Waals surface area contributed by atoms with Crippen LogP contribution in [0.3, 0.4) is 0 Å². The number of rotatable bonds is 2. The SMILES string of the molecule is CC1CN(C(=O)N2CCC(C(=O)Nc3ccccc3Cl)CC2)c2ccccc2O1. The molecule has 1 saturated heterocycles. The fourth-order valence-electron chi connectivity index (χ4n) is 3.87. The van der Waals surface area contributed by atoms with E-state index in [4.69, 9.17) is 16.3 Å². The van der Waals surface area contributed by atoms with Crippen molar-refractivity contribution in [2.75, 3.05) is 29.9 Å². The van der Waals surface area contributed by atoms with Crippen LogP contribution in [0.25, 0.3) is 0 Å². The first-order valence-electron chi connectivity index (χ1n) is 9.90. The second-order valence-corrected chi connectivity index (χ2v) is 7.93. The van der Waals surface area contributed by atoms with E-state index in [1.807, 2.05) is 48.2 Å². The molecule has 152 valence electrons. The van der Waals surface area contributed by atoms with E-state index in [0.717, 1.165) is 11.4 Å². The summed E-state index contributed by atoms with van der Waals surface area (Å²) in [6.07, 6.45) is 1.19. The molecule has 0 saturated carbocycles. The Kier molecular flexibility index (Phi) is 5.62. The number of nitrogens with zero attached hydrogens (tertiary/aromatic N) is 2. The molecular weight excluding hydrogens is 390 g/mol. The number of ether oxygens (including phenoxy) is 1. The van der Waals surface area contributed by atoms with Crippen LogP contribution in [0.4, 0.5) is 16.2 Å². The van der Waals surface area contributed by atoms with E-state index >= 15 is 0 Å². The van der Waals surface area contributed by atoms with Gasteiger partial charge in [0.2, 0.25) is 5.91 Å². The number of hydrogen-bond acceptors (Lipinski definition) is 3. The first-order chi connectivity index (χ1) is 14.0. The third kappa shape index (κ3) is 4.17. The monoisotopic (exact) mass is 413 g/mol. The van der Waals surface area contributed by atoms with Crippen LogP contribution in [0.5, 0.6) is 5.75 Å². The standard InChI is InChI=1S/C22H24ClN3O3/c1-15-14-26(19-8-4-5-9-20(19)29-15)22(28)25-12-10-16(11-13-25)21(27)24-18-7-3-2-6-17(18)23/h2-9,15-16H,10-14H2,1H3,(H,24,27). The highest BCUT2D eigenvalue weighted by Crippen LogP contribution is 2.34. The Bertz CT molecular complexity index is 912. The number of halogens is 1. The Morgan fingerprint density at radius 1 is 1.07 bits per heavy atom. The predicted molar refractivity (Wildman–Crippen MR) is 114 cm³/mol.